The molecule has 0 aromatic heterocycles. The minimum Gasteiger partial charge on any atom is -0.381 e. The zero-order valence-corrected chi connectivity index (χ0v) is 9.91. The van der Waals surface area contributed by atoms with Crippen LogP contribution in [0.25, 0.3) is 0 Å². The molecule has 2 saturated heterocycles. The normalized spacial score (nSPS) is 33.4. The lowest BCUT2D eigenvalue weighted by Crippen LogP contribution is -2.17. The fourth-order valence-corrected chi connectivity index (χ4v) is 2.72. The van der Waals surface area contributed by atoms with Gasteiger partial charge < -0.3 is 9.47 Å². The molecule has 2 heteroatoms. The highest BCUT2D eigenvalue weighted by atomic mass is 16.5. The maximum absolute atomic E-state index is 5.82. The molecule has 2 fully saturated rings. The molecule has 0 spiro atoms. The molecule has 15 heavy (non-hydrogen) atoms. The van der Waals surface area contributed by atoms with Gasteiger partial charge >= 0.3 is 0 Å². The summed E-state index contributed by atoms with van der Waals surface area (Å²) in [7, 11) is 0. The van der Waals surface area contributed by atoms with E-state index in [9.17, 15) is 0 Å². The van der Waals surface area contributed by atoms with Gasteiger partial charge in [-0.2, -0.15) is 0 Å². The molecular weight excluding hydrogens is 188 g/mol. The Morgan fingerprint density at radius 2 is 1.87 bits per heavy atom. The Balaban J connectivity index is 1.61. The largest absolute Gasteiger partial charge is 0.381 e. The molecule has 0 amide bonds. The van der Waals surface area contributed by atoms with Crippen LogP contribution in [0, 0.1) is 11.8 Å². The third-order valence-corrected chi connectivity index (χ3v) is 3.98. The second-order valence-corrected chi connectivity index (χ2v) is 5.10. The van der Waals surface area contributed by atoms with Gasteiger partial charge in [0.1, 0.15) is 0 Å². The van der Waals surface area contributed by atoms with Gasteiger partial charge in [-0.1, -0.05) is 13.3 Å². The van der Waals surface area contributed by atoms with Crippen LogP contribution >= 0.6 is 0 Å². The standard InChI is InChI=1S/C13H24O2/c1-2-11-9-13(15-10-11)4-3-12-5-7-14-8-6-12/h11-13H,2-10H2,1H3. The maximum atomic E-state index is 5.82. The van der Waals surface area contributed by atoms with E-state index in [1.54, 1.807) is 0 Å². The summed E-state index contributed by atoms with van der Waals surface area (Å²) < 4.78 is 11.2. The summed E-state index contributed by atoms with van der Waals surface area (Å²) in [6.45, 7) is 5.24. The summed E-state index contributed by atoms with van der Waals surface area (Å²) in [6.07, 6.45) is 8.32. The average molecular weight is 212 g/mol. The van der Waals surface area contributed by atoms with Gasteiger partial charge in [0, 0.05) is 19.8 Å². The molecule has 0 aromatic carbocycles. The number of ether oxygens (including phenoxy) is 2. The summed E-state index contributed by atoms with van der Waals surface area (Å²) in [5, 5.41) is 0. The van der Waals surface area contributed by atoms with Crippen molar-refractivity contribution in [2.45, 2.75) is 51.6 Å². The van der Waals surface area contributed by atoms with E-state index in [-0.39, 0.29) is 0 Å². The summed E-state index contributed by atoms with van der Waals surface area (Å²) in [6, 6.07) is 0. The Bertz CT molecular complexity index is 175. The van der Waals surface area contributed by atoms with E-state index in [2.05, 4.69) is 6.92 Å². The van der Waals surface area contributed by atoms with Crippen molar-refractivity contribution in [3.05, 3.63) is 0 Å². The van der Waals surface area contributed by atoms with Crippen LogP contribution in [-0.4, -0.2) is 25.9 Å². The summed E-state index contributed by atoms with van der Waals surface area (Å²) in [5.74, 6) is 1.74. The van der Waals surface area contributed by atoms with Crippen LogP contribution in [0.5, 0.6) is 0 Å². The zero-order valence-electron chi connectivity index (χ0n) is 9.91. The van der Waals surface area contributed by atoms with E-state index >= 15 is 0 Å². The van der Waals surface area contributed by atoms with Gasteiger partial charge in [-0.15, -0.1) is 0 Å². The molecule has 0 aromatic rings. The smallest absolute Gasteiger partial charge is 0.0578 e. The first-order valence-corrected chi connectivity index (χ1v) is 6.57. The van der Waals surface area contributed by atoms with E-state index < -0.39 is 0 Å². The van der Waals surface area contributed by atoms with Crippen molar-refractivity contribution in [2.75, 3.05) is 19.8 Å². The lowest BCUT2D eigenvalue weighted by atomic mass is 9.92. The van der Waals surface area contributed by atoms with Crippen LogP contribution in [0.4, 0.5) is 0 Å². The van der Waals surface area contributed by atoms with Gasteiger partial charge in [-0.05, 0) is 43.9 Å². The molecule has 2 aliphatic heterocycles. The number of hydrogen-bond donors (Lipinski definition) is 0. The van der Waals surface area contributed by atoms with E-state index in [4.69, 9.17) is 9.47 Å². The van der Waals surface area contributed by atoms with Crippen LogP contribution in [0.1, 0.15) is 45.4 Å². The molecule has 2 nitrogen and oxygen atoms in total. The van der Waals surface area contributed by atoms with Crippen molar-refractivity contribution in [1.29, 1.82) is 0 Å². The zero-order chi connectivity index (χ0) is 10.5. The predicted octanol–water partition coefficient (Wildman–Crippen LogP) is 3.01. The molecule has 0 aliphatic carbocycles. The van der Waals surface area contributed by atoms with Gasteiger partial charge in [0.05, 0.1) is 6.10 Å². The van der Waals surface area contributed by atoms with Crippen LogP contribution < -0.4 is 0 Å². The van der Waals surface area contributed by atoms with Crippen molar-refractivity contribution in [1.82, 2.24) is 0 Å². The maximum Gasteiger partial charge on any atom is 0.0578 e. The SMILES string of the molecule is CCC1COC(CCC2CCOCC2)C1. The van der Waals surface area contributed by atoms with Gasteiger partial charge in [-0.25, -0.2) is 0 Å². The lowest BCUT2D eigenvalue weighted by Gasteiger charge is -2.22. The van der Waals surface area contributed by atoms with Crippen molar-refractivity contribution >= 4 is 0 Å². The Hall–Kier alpha value is -0.0800. The molecule has 2 rings (SSSR count). The fourth-order valence-electron chi connectivity index (χ4n) is 2.72. The molecule has 0 bridgehead atoms. The molecule has 0 radical (unpaired) electrons. The molecule has 2 atom stereocenters. The van der Waals surface area contributed by atoms with Gasteiger partial charge in [-0.3, -0.25) is 0 Å². The molecule has 2 heterocycles. The molecule has 0 N–H and O–H groups in total. The Morgan fingerprint density at radius 3 is 2.53 bits per heavy atom. The van der Waals surface area contributed by atoms with Gasteiger partial charge in [0.15, 0.2) is 0 Å². The fraction of sp³-hybridized carbons (Fsp3) is 1.00. The van der Waals surface area contributed by atoms with Gasteiger partial charge in [0.25, 0.3) is 0 Å². The predicted molar refractivity (Wildman–Crippen MR) is 60.9 cm³/mol. The van der Waals surface area contributed by atoms with Gasteiger partial charge in [0.2, 0.25) is 0 Å². The van der Waals surface area contributed by atoms with Crippen molar-refractivity contribution < 1.29 is 9.47 Å². The van der Waals surface area contributed by atoms with Crippen molar-refractivity contribution in [3.63, 3.8) is 0 Å². The highest BCUT2D eigenvalue weighted by Crippen LogP contribution is 2.28. The van der Waals surface area contributed by atoms with E-state index in [0.29, 0.717) is 6.10 Å². The van der Waals surface area contributed by atoms with Crippen LogP contribution in [-0.2, 0) is 9.47 Å². The highest BCUT2D eigenvalue weighted by Gasteiger charge is 2.25. The second kappa shape index (κ2) is 5.86. The first-order chi connectivity index (χ1) is 7.38. The average Bonchev–Trinajstić information content (AvgIpc) is 2.76. The molecule has 2 aliphatic rings. The summed E-state index contributed by atoms with van der Waals surface area (Å²) in [4.78, 5) is 0. The lowest BCUT2D eigenvalue weighted by molar-refractivity contribution is 0.0515. The molecule has 2 unspecified atom stereocenters. The third kappa shape index (κ3) is 3.46. The summed E-state index contributed by atoms with van der Waals surface area (Å²) in [5.41, 5.74) is 0. The van der Waals surface area contributed by atoms with Crippen LogP contribution in [0.15, 0.2) is 0 Å². The highest BCUT2D eigenvalue weighted by molar-refractivity contribution is 4.74. The number of rotatable bonds is 4. The van der Waals surface area contributed by atoms with E-state index in [1.807, 2.05) is 0 Å². The Labute approximate surface area is 93.3 Å². The minimum absolute atomic E-state index is 0.567. The minimum atomic E-state index is 0.567. The topological polar surface area (TPSA) is 18.5 Å². The molecule has 88 valence electrons. The first kappa shape index (κ1) is 11.4. The summed E-state index contributed by atoms with van der Waals surface area (Å²) >= 11 is 0. The van der Waals surface area contributed by atoms with Crippen molar-refractivity contribution in [2.24, 2.45) is 11.8 Å². The van der Waals surface area contributed by atoms with Crippen LogP contribution in [0.2, 0.25) is 0 Å². The molecule has 0 saturated carbocycles. The third-order valence-electron chi connectivity index (χ3n) is 3.98. The Kier molecular flexibility index (Phi) is 4.45. The Morgan fingerprint density at radius 1 is 1.07 bits per heavy atom. The van der Waals surface area contributed by atoms with Crippen LogP contribution in [0.3, 0.4) is 0 Å². The van der Waals surface area contributed by atoms with Crippen molar-refractivity contribution in [3.8, 4) is 0 Å². The quantitative estimate of drug-likeness (QED) is 0.713. The second-order valence-electron chi connectivity index (χ2n) is 5.10. The first-order valence-electron chi connectivity index (χ1n) is 6.57. The van der Waals surface area contributed by atoms with E-state index in [1.165, 1.54) is 38.5 Å². The molecular formula is C13H24O2. The monoisotopic (exact) mass is 212 g/mol. The number of hydrogen-bond acceptors (Lipinski definition) is 2. The van der Waals surface area contributed by atoms with E-state index in [0.717, 1.165) is 31.7 Å².